The van der Waals surface area contributed by atoms with Crippen LogP contribution in [-0.4, -0.2) is 9.55 Å². The zero-order chi connectivity index (χ0) is 11.5. The number of benzene rings is 1. The van der Waals surface area contributed by atoms with E-state index in [0.29, 0.717) is 11.1 Å². The molecule has 0 saturated carbocycles. The number of aromatic nitrogens is 2. The molecule has 1 aromatic carbocycles. The third-order valence-electron chi connectivity index (χ3n) is 2.69. The molecule has 2 N–H and O–H groups in total. The van der Waals surface area contributed by atoms with Crippen LogP contribution in [0.2, 0.25) is 5.15 Å². The predicted octanol–water partition coefficient (Wildman–Crippen LogP) is 2.44. The average molecular weight is 236 g/mol. The highest BCUT2D eigenvalue weighted by atomic mass is 35.5. The van der Waals surface area contributed by atoms with Gasteiger partial charge in [-0.15, -0.1) is 0 Å². The van der Waals surface area contributed by atoms with Gasteiger partial charge in [0.25, 0.3) is 0 Å². The van der Waals surface area contributed by atoms with Crippen LogP contribution in [0.3, 0.4) is 0 Å². The van der Waals surface area contributed by atoms with Gasteiger partial charge in [0.2, 0.25) is 5.95 Å². The highest BCUT2D eigenvalue weighted by molar-refractivity contribution is 6.30. The van der Waals surface area contributed by atoms with Crippen LogP contribution in [0.5, 0.6) is 0 Å². The molecule has 0 spiro atoms. The SMILES string of the molecule is Cn1c(N)nc(Cl)c1CCc1ccccc1. The third kappa shape index (κ3) is 2.19. The normalized spacial score (nSPS) is 10.6. The third-order valence-corrected chi connectivity index (χ3v) is 3.00. The second-order valence-electron chi connectivity index (χ2n) is 3.75. The van der Waals surface area contributed by atoms with Crippen molar-refractivity contribution in [2.75, 3.05) is 5.73 Å². The Morgan fingerprint density at radius 1 is 1.25 bits per heavy atom. The molecule has 0 fully saturated rings. The molecule has 0 aliphatic rings. The Morgan fingerprint density at radius 3 is 2.50 bits per heavy atom. The number of aryl methyl sites for hydroxylation is 1. The molecule has 1 heterocycles. The van der Waals surface area contributed by atoms with Gasteiger partial charge in [-0.3, -0.25) is 0 Å². The van der Waals surface area contributed by atoms with Crippen LogP contribution < -0.4 is 5.73 Å². The van der Waals surface area contributed by atoms with Crippen LogP contribution in [-0.2, 0) is 19.9 Å². The van der Waals surface area contributed by atoms with Crippen LogP contribution in [0.4, 0.5) is 5.95 Å². The highest BCUT2D eigenvalue weighted by Crippen LogP contribution is 2.19. The number of rotatable bonds is 3. The van der Waals surface area contributed by atoms with E-state index >= 15 is 0 Å². The first-order valence-electron chi connectivity index (χ1n) is 5.19. The highest BCUT2D eigenvalue weighted by Gasteiger charge is 2.10. The largest absolute Gasteiger partial charge is 0.369 e. The number of halogens is 1. The summed E-state index contributed by atoms with van der Waals surface area (Å²) < 4.78 is 1.84. The average Bonchev–Trinajstić information content (AvgIpc) is 2.53. The predicted molar refractivity (Wildman–Crippen MR) is 66.5 cm³/mol. The van der Waals surface area contributed by atoms with Crippen molar-refractivity contribution in [3.05, 3.63) is 46.7 Å². The topological polar surface area (TPSA) is 43.8 Å². The summed E-state index contributed by atoms with van der Waals surface area (Å²) in [4.78, 5) is 4.03. The molecule has 0 unspecified atom stereocenters. The minimum atomic E-state index is 0.466. The lowest BCUT2D eigenvalue weighted by molar-refractivity contribution is 0.807. The molecule has 0 amide bonds. The van der Waals surface area contributed by atoms with Gasteiger partial charge < -0.3 is 10.3 Å². The number of nitrogen functional groups attached to an aromatic ring is 1. The second-order valence-corrected chi connectivity index (χ2v) is 4.11. The van der Waals surface area contributed by atoms with Crippen molar-refractivity contribution in [3.8, 4) is 0 Å². The second kappa shape index (κ2) is 4.58. The Balaban J connectivity index is 2.11. The van der Waals surface area contributed by atoms with Crippen molar-refractivity contribution in [2.45, 2.75) is 12.8 Å². The van der Waals surface area contributed by atoms with Crippen molar-refractivity contribution < 1.29 is 0 Å². The summed E-state index contributed by atoms with van der Waals surface area (Å²) >= 11 is 6.00. The van der Waals surface area contributed by atoms with E-state index in [9.17, 15) is 0 Å². The fourth-order valence-corrected chi connectivity index (χ4v) is 2.00. The van der Waals surface area contributed by atoms with E-state index in [1.807, 2.05) is 29.8 Å². The van der Waals surface area contributed by atoms with Crippen molar-refractivity contribution in [3.63, 3.8) is 0 Å². The summed E-state index contributed by atoms with van der Waals surface area (Å²) in [7, 11) is 1.88. The maximum atomic E-state index is 6.00. The van der Waals surface area contributed by atoms with Gasteiger partial charge in [-0.05, 0) is 18.4 Å². The molecular formula is C12H14ClN3. The summed E-state index contributed by atoms with van der Waals surface area (Å²) in [5, 5.41) is 0.510. The van der Waals surface area contributed by atoms with Crippen LogP contribution in [0.15, 0.2) is 30.3 Å². The molecule has 4 heteroatoms. The van der Waals surface area contributed by atoms with Gasteiger partial charge in [-0.1, -0.05) is 41.9 Å². The Morgan fingerprint density at radius 2 is 1.94 bits per heavy atom. The van der Waals surface area contributed by atoms with Crippen molar-refractivity contribution >= 4 is 17.5 Å². The summed E-state index contributed by atoms with van der Waals surface area (Å²) in [6.07, 6.45) is 1.79. The lowest BCUT2D eigenvalue weighted by Gasteiger charge is -2.04. The summed E-state index contributed by atoms with van der Waals surface area (Å²) in [5.41, 5.74) is 7.96. The minimum Gasteiger partial charge on any atom is -0.369 e. The van der Waals surface area contributed by atoms with Crippen LogP contribution in [0.25, 0.3) is 0 Å². The first kappa shape index (κ1) is 11.0. The summed E-state index contributed by atoms with van der Waals surface area (Å²) in [5.74, 6) is 0.466. The quantitative estimate of drug-likeness (QED) is 0.888. The van der Waals surface area contributed by atoms with Gasteiger partial charge in [0, 0.05) is 7.05 Å². The number of imidazole rings is 1. The van der Waals surface area contributed by atoms with Gasteiger partial charge >= 0.3 is 0 Å². The standard InChI is InChI=1S/C12H14ClN3/c1-16-10(11(13)15-12(16)14)8-7-9-5-3-2-4-6-9/h2-6H,7-8H2,1H3,(H2,14,15). The number of nitrogens with zero attached hydrogens (tertiary/aromatic N) is 2. The van der Waals surface area contributed by atoms with E-state index in [4.69, 9.17) is 17.3 Å². The zero-order valence-corrected chi connectivity index (χ0v) is 9.91. The molecule has 2 aromatic rings. The first-order chi connectivity index (χ1) is 7.68. The lowest BCUT2D eigenvalue weighted by atomic mass is 10.1. The molecule has 0 bridgehead atoms. The smallest absolute Gasteiger partial charge is 0.201 e. The Kier molecular flexibility index (Phi) is 3.15. The number of hydrogen-bond acceptors (Lipinski definition) is 2. The maximum absolute atomic E-state index is 6.00. The van der Waals surface area contributed by atoms with Gasteiger partial charge in [0.15, 0.2) is 5.15 Å². The summed E-state index contributed by atoms with van der Waals surface area (Å²) in [6.45, 7) is 0. The molecule has 0 aliphatic heterocycles. The Labute approximate surface area is 99.9 Å². The van der Waals surface area contributed by atoms with E-state index in [1.54, 1.807) is 0 Å². The molecule has 1 aromatic heterocycles. The fraction of sp³-hybridized carbons (Fsp3) is 0.250. The van der Waals surface area contributed by atoms with E-state index in [2.05, 4.69) is 17.1 Å². The van der Waals surface area contributed by atoms with Crippen molar-refractivity contribution in [1.82, 2.24) is 9.55 Å². The van der Waals surface area contributed by atoms with Gasteiger partial charge in [-0.2, -0.15) is 0 Å². The van der Waals surface area contributed by atoms with Crippen LogP contribution >= 0.6 is 11.6 Å². The number of anilines is 1. The number of nitrogens with two attached hydrogens (primary N) is 1. The first-order valence-corrected chi connectivity index (χ1v) is 5.57. The molecule has 0 radical (unpaired) electrons. The van der Waals surface area contributed by atoms with Crippen molar-refractivity contribution in [1.29, 1.82) is 0 Å². The molecule has 0 aliphatic carbocycles. The molecule has 16 heavy (non-hydrogen) atoms. The van der Waals surface area contributed by atoms with E-state index in [1.165, 1.54) is 5.56 Å². The van der Waals surface area contributed by atoms with Crippen molar-refractivity contribution in [2.24, 2.45) is 7.05 Å². The fourth-order valence-electron chi connectivity index (χ4n) is 1.70. The molecular weight excluding hydrogens is 222 g/mol. The molecule has 84 valence electrons. The van der Waals surface area contributed by atoms with Crippen LogP contribution in [0, 0.1) is 0 Å². The van der Waals surface area contributed by atoms with E-state index < -0.39 is 0 Å². The minimum absolute atomic E-state index is 0.466. The Bertz CT molecular complexity index is 477. The molecule has 0 saturated heterocycles. The molecule has 3 nitrogen and oxygen atoms in total. The van der Waals surface area contributed by atoms with Gasteiger partial charge in [0.1, 0.15) is 0 Å². The van der Waals surface area contributed by atoms with Gasteiger partial charge in [0.05, 0.1) is 5.69 Å². The molecule has 2 rings (SSSR count). The van der Waals surface area contributed by atoms with Crippen LogP contribution in [0.1, 0.15) is 11.3 Å². The zero-order valence-electron chi connectivity index (χ0n) is 9.15. The lowest BCUT2D eigenvalue weighted by Crippen LogP contribution is -2.02. The Hall–Kier alpha value is -1.48. The van der Waals surface area contributed by atoms with E-state index in [-0.39, 0.29) is 0 Å². The van der Waals surface area contributed by atoms with E-state index in [0.717, 1.165) is 18.5 Å². The van der Waals surface area contributed by atoms with Gasteiger partial charge in [-0.25, -0.2) is 4.98 Å². The monoisotopic (exact) mass is 235 g/mol. The number of hydrogen-bond donors (Lipinski definition) is 1. The maximum Gasteiger partial charge on any atom is 0.201 e. The summed E-state index contributed by atoms with van der Waals surface area (Å²) in [6, 6.07) is 10.3. The molecule has 0 atom stereocenters.